The zero-order valence-corrected chi connectivity index (χ0v) is 12.0. The molecule has 1 aromatic carbocycles. The minimum atomic E-state index is -0.755. The van der Waals surface area contributed by atoms with Gasteiger partial charge in [-0.3, -0.25) is 4.98 Å². The summed E-state index contributed by atoms with van der Waals surface area (Å²) in [5, 5.41) is 22.6. The molecule has 1 atom stereocenters. The molecule has 0 radical (unpaired) electrons. The number of aliphatic hydroxyl groups is 2. The third kappa shape index (κ3) is 2.94. The van der Waals surface area contributed by atoms with Crippen LogP contribution in [0.25, 0.3) is 10.9 Å². The molecule has 1 aromatic heterocycles. The Hall–Kier alpha value is -1.85. The number of aliphatic hydroxyl groups excluding tert-OH is 2. The third-order valence-electron chi connectivity index (χ3n) is 3.93. The number of benzene rings is 1. The van der Waals surface area contributed by atoms with Gasteiger partial charge in [0.1, 0.15) is 0 Å². The van der Waals surface area contributed by atoms with Crippen molar-refractivity contribution in [2.75, 3.05) is 36.5 Å². The van der Waals surface area contributed by atoms with Crippen molar-refractivity contribution in [1.29, 1.82) is 0 Å². The Balaban J connectivity index is 1.94. The normalized spacial score (nSPS) is 16.4. The highest BCUT2D eigenvalue weighted by Gasteiger charge is 2.16. The second-order valence-electron chi connectivity index (χ2n) is 5.44. The van der Waals surface area contributed by atoms with E-state index in [0.29, 0.717) is 6.54 Å². The first-order valence-corrected chi connectivity index (χ1v) is 7.45. The summed E-state index contributed by atoms with van der Waals surface area (Å²) < 4.78 is 0. The van der Waals surface area contributed by atoms with E-state index >= 15 is 0 Å². The minimum Gasteiger partial charge on any atom is -0.394 e. The van der Waals surface area contributed by atoms with Gasteiger partial charge in [0.05, 0.1) is 23.9 Å². The molecule has 0 aliphatic carbocycles. The van der Waals surface area contributed by atoms with Crippen molar-refractivity contribution in [2.24, 2.45) is 0 Å². The van der Waals surface area contributed by atoms with Crippen LogP contribution in [0.5, 0.6) is 0 Å². The summed E-state index contributed by atoms with van der Waals surface area (Å²) in [5.74, 6) is 0. The lowest BCUT2D eigenvalue weighted by Gasteiger charge is -2.21. The SMILES string of the molecule is OCC(O)CNc1ccc(N2CCCC2)c2ncccc12. The van der Waals surface area contributed by atoms with E-state index in [-0.39, 0.29) is 6.61 Å². The fourth-order valence-electron chi connectivity index (χ4n) is 2.82. The molecule has 21 heavy (non-hydrogen) atoms. The van der Waals surface area contributed by atoms with E-state index < -0.39 is 6.10 Å². The zero-order valence-electron chi connectivity index (χ0n) is 12.0. The van der Waals surface area contributed by atoms with Gasteiger partial charge in [0.2, 0.25) is 0 Å². The van der Waals surface area contributed by atoms with Crippen molar-refractivity contribution in [3.05, 3.63) is 30.5 Å². The van der Waals surface area contributed by atoms with Crippen molar-refractivity contribution >= 4 is 22.3 Å². The van der Waals surface area contributed by atoms with Crippen molar-refractivity contribution in [3.8, 4) is 0 Å². The summed E-state index contributed by atoms with van der Waals surface area (Å²) in [6.07, 6.45) is 3.53. The van der Waals surface area contributed by atoms with Crippen molar-refractivity contribution in [3.63, 3.8) is 0 Å². The van der Waals surface area contributed by atoms with Gasteiger partial charge < -0.3 is 20.4 Å². The van der Waals surface area contributed by atoms with Gasteiger partial charge in [0.25, 0.3) is 0 Å². The number of anilines is 2. The van der Waals surface area contributed by atoms with E-state index in [2.05, 4.69) is 21.3 Å². The van der Waals surface area contributed by atoms with Gasteiger partial charge >= 0.3 is 0 Å². The number of nitrogens with one attached hydrogen (secondary N) is 1. The van der Waals surface area contributed by atoms with Crippen LogP contribution in [0.2, 0.25) is 0 Å². The van der Waals surface area contributed by atoms with Crippen LogP contribution in [-0.4, -0.2) is 47.5 Å². The molecule has 1 unspecified atom stereocenters. The maximum atomic E-state index is 9.48. The van der Waals surface area contributed by atoms with E-state index in [0.717, 1.165) is 29.7 Å². The van der Waals surface area contributed by atoms with Crippen LogP contribution in [0.3, 0.4) is 0 Å². The van der Waals surface area contributed by atoms with E-state index in [1.807, 2.05) is 24.4 Å². The molecule has 3 rings (SSSR count). The van der Waals surface area contributed by atoms with Gasteiger partial charge in [-0.15, -0.1) is 0 Å². The molecule has 3 N–H and O–H groups in total. The van der Waals surface area contributed by atoms with Gasteiger partial charge in [-0.1, -0.05) is 0 Å². The number of nitrogens with zero attached hydrogens (tertiary/aromatic N) is 2. The zero-order chi connectivity index (χ0) is 14.7. The average Bonchev–Trinajstić information content (AvgIpc) is 3.06. The van der Waals surface area contributed by atoms with E-state index in [1.165, 1.54) is 18.5 Å². The molecule has 0 saturated carbocycles. The fraction of sp³-hybridized carbons (Fsp3) is 0.438. The Morgan fingerprint density at radius 3 is 2.81 bits per heavy atom. The van der Waals surface area contributed by atoms with Crippen molar-refractivity contribution in [2.45, 2.75) is 18.9 Å². The molecule has 5 heteroatoms. The molecule has 1 aliphatic rings. The molecule has 0 bridgehead atoms. The monoisotopic (exact) mass is 287 g/mol. The first-order valence-electron chi connectivity index (χ1n) is 7.45. The summed E-state index contributed by atoms with van der Waals surface area (Å²) in [6, 6.07) is 8.08. The maximum Gasteiger partial charge on any atom is 0.0956 e. The number of hydrogen-bond acceptors (Lipinski definition) is 5. The third-order valence-corrected chi connectivity index (χ3v) is 3.93. The second-order valence-corrected chi connectivity index (χ2v) is 5.44. The summed E-state index contributed by atoms with van der Waals surface area (Å²) in [7, 11) is 0. The first-order chi connectivity index (χ1) is 10.3. The van der Waals surface area contributed by atoms with Gasteiger partial charge in [-0.25, -0.2) is 0 Å². The van der Waals surface area contributed by atoms with Crippen LogP contribution in [0.15, 0.2) is 30.5 Å². The van der Waals surface area contributed by atoms with Crippen LogP contribution in [0, 0.1) is 0 Å². The summed E-state index contributed by atoms with van der Waals surface area (Å²) >= 11 is 0. The molecular formula is C16H21N3O2. The molecule has 2 aromatic rings. The van der Waals surface area contributed by atoms with Gasteiger partial charge in [-0.05, 0) is 37.1 Å². The molecule has 112 valence electrons. The second kappa shape index (κ2) is 6.28. The quantitative estimate of drug-likeness (QED) is 0.779. The van der Waals surface area contributed by atoms with E-state index in [1.54, 1.807) is 0 Å². The molecular weight excluding hydrogens is 266 g/mol. The molecule has 1 saturated heterocycles. The lowest BCUT2D eigenvalue weighted by molar-refractivity contribution is 0.105. The van der Waals surface area contributed by atoms with Crippen molar-refractivity contribution < 1.29 is 10.2 Å². The highest BCUT2D eigenvalue weighted by molar-refractivity contribution is 5.99. The van der Waals surface area contributed by atoms with Crippen LogP contribution < -0.4 is 10.2 Å². The Morgan fingerprint density at radius 2 is 2.05 bits per heavy atom. The smallest absolute Gasteiger partial charge is 0.0956 e. The standard InChI is InChI=1S/C16H21N3O2/c20-11-12(21)10-18-14-5-6-15(19-8-1-2-9-19)16-13(14)4-3-7-17-16/h3-7,12,18,20-21H,1-2,8-11H2. The number of pyridine rings is 1. The van der Waals surface area contributed by atoms with Crippen LogP contribution >= 0.6 is 0 Å². The molecule has 5 nitrogen and oxygen atoms in total. The van der Waals surface area contributed by atoms with Gasteiger partial charge in [0, 0.05) is 36.9 Å². The van der Waals surface area contributed by atoms with Crippen LogP contribution in [0.1, 0.15) is 12.8 Å². The summed E-state index contributed by atoms with van der Waals surface area (Å²) in [6.45, 7) is 2.25. The lowest BCUT2D eigenvalue weighted by Crippen LogP contribution is -2.23. The highest BCUT2D eigenvalue weighted by Crippen LogP contribution is 2.32. The Kier molecular flexibility index (Phi) is 4.22. The Morgan fingerprint density at radius 1 is 1.24 bits per heavy atom. The fourth-order valence-corrected chi connectivity index (χ4v) is 2.82. The predicted molar refractivity (Wildman–Crippen MR) is 84.8 cm³/mol. The first kappa shape index (κ1) is 14.1. The number of hydrogen-bond donors (Lipinski definition) is 3. The largest absolute Gasteiger partial charge is 0.394 e. The highest BCUT2D eigenvalue weighted by atomic mass is 16.3. The number of rotatable bonds is 5. The maximum absolute atomic E-state index is 9.48. The molecule has 0 amide bonds. The predicted octanol–water partition coefficient (Wildman–Crippen LogP) is 1.60. The Labute approximate surface area is 124 Å². The van der Waals surface area contributed by atoms with Gasteiger partial charge in [-0.2, -0.15) is 0 Å². The van der Waals surface area contributed by atoms with E-state index in [9.17, 15) is 5.11 Å². The minimum absolute atomic E-state index is 0.241. The molecule has 1 aliphatic heterocycles. The molecule has 1 fully saturated rings. The number of aromatic nitrogens is 1. The Bertz CT molecular complexity index is 611. The summed E-state index contributed by atoms with van der Waals surface area (Å²) in [4.78, 5) is 6.92. The van der Waals surface area contributed by atoms with Crippen LogP contribution in [0.4, 0.5) is 11.4 Å². The molecule has 0 spiro atoms. The summed E-state index contributed by atoms with van der Waals surface area (Å²) in [5.41, 5.74) is 3.10. The topological polar surface area (TPSA) is 68.6 Å². The average molecular weight is 287 g/mol. The van der Waals surface area contributed by atoms with Crippen LogP contribution in [-0.2, 0) is 0 Å². The van der Waals surface area contributed by atoms with Crippen molar-refractivity contribution in [1.82, 2.24) is 4.98 Å². The lowest BCUT2D eigenvalue weighted by atomic mass is 10.1. The molecule has 2 heterocycles. The van der Waals surface area contributed by atoms with Gasteiger partial charge in [0.15, 0.2) is 0 Å². The number of fused-ring (bicyclic) bond motifs is 1. The van der Waals surface area contributed by atoms with E-state index in [4.69, 9.17) is 5.11 Å².